The van der Waals surface area contributed by atoms with Crippen LogP contribution in [0, 0.1) is 3.57 Å². The van der Waals surface area contributed by atoms with Gasteiger partial charge in [-0.15, -0.1) is 0 Å². The van der Waals surface area contributed by atoms with Crippen molar-refractivity contribution in [1.29, 1.82) is 0 Å². The minimum Gasteiger partial charge on any atom is -0.464 e. The van der Waals surface area contributed by atoms with Crippen LogP contribution >= 0.6 is 22.6 Å². The van der Waals surface area contributed by atoms with E-state index < -0.39 is 35.5 Å². The first-order chi connectivity index (χ1) is 8.18. The highest BCUT2D eigenvalue weighted by molar-refractivity contribution is 14.1. The molecule has 0 aromatic carbocycles. The van der Waals surface area contributed by atoms with Crippen LogP contribution in [0.15, 0.2) is 6.07 Å². The van der Waals surface area contributed by atoms with Crippen LogP contribution in [0.25, 0.3) is 0 Å². The zero-order valence-corrected chi connectivity index (χ0v) is 10.8. The van der Waals surface area contributed by atoms with Gasteiger partial charge in [0.1, 0.15) is 5.69 Å². The van der Waals surface area contributed by atoms with E-state index in [1.54, 1.807) is 0 Å². The molecule has 3 nitrogen and oxygen atoms in total. The van der Waals surface area contributed by atoms with E-state index in [0.29, 0.717) is 0 Å². The molecule has 0 bridgehead atoms. The molecular weight excluding hydrogens is 376 g/mol. The molecule has 1 heterocycles. The van der Waals surface area contributed by atoms with E-state index in [1.165, 1.54) is 22.6 Å². The third kappa shape index (κ3) is 3.06. The molecule has 0 radical (unpaired) electrons. The van der Waals surface area contributed by atoms with Crippen LogP contribution in [-0.4, -0.2) is 18.1 Å². The van der Waals surface area contributed by atoms with Gasteiger partial charge in [-0.3, -0.25) is 0 Å². The highest BCUT2D eigenvalue weighted by atomic mass is 127. The lowest BCUT2D eigenvalue weighted by Gasteiger charge is -2.12. The molecule has 9 heteroatoms. The third-order valence-corrected chi connectivity index (χ3v) is 3.02. The van der Waals surface area contributed by atoms with E-state index in [4.69, 9.17) is 0 Å². The van der Waals surface area contributed by atoms with Crippen LogP contribution in [0.1, 0.15) is 28.2 Å². The summed E-state index contributed by atoms with van der Waals surface area (Å²) in [4.78, 5) is 14.2. The summed E-state index contributed by atoms with van der Waals surface area (Å²) in [6, 6.07) is 0.221. The van der Waals surface area contributed by atoms with Gasteiger partial charge in [0, 0.05) is 5.56 Å². The Morgan fingerprint density at radius 2 is 2.00 bits per heavy atom. The van der Waals surface area contributed by atoms with E-state index in [0.717, 1.165) is 7.11 Å². The van der Waals surface area contributed by atoms with Gasteiger partial charge in [0.05, 0.1) is 10.7 Å². The van der Waals surface area contributed by atoms with Crippen LogP contribution in [-0.2, 0) is 10.9 Å². The second kappa shape index (κ2) is 5.33. The molecular formula is C9H5F5INO2. The normalized spacial score (nSPS) is 11.8. The summed E-state index contributed by atoms with van der Waals surface area (Å²) in [6.45, 7) is 0. The number of esters is 1. The zero-order chi connectivity index (χ0) is 14.1. The van der Waals surface area contributed by atoms with Gasteiger partial charge in [-0.1, -0.05) is 0 Å². The number of nitrogens with zero attached hydrogens (tertiary/aromatic N) is 1. The maximum Gasteiger partial charge on any atom is 0.433 e. The van der Waals surface area contributed by atoms with Crippen LogP contribution in [0.5, 0.6) is 0 Å². The summed E-state index contributed by atoms with van der Waals surface area (Å²) in [5.41, 5.74) is -3.24. The molecule has 0 fully saturated rings. The molecule has 0 spiro atoms. The summed E-state index contributed by atoms with van der Waals surface area (Å²) in [6.07, 6.45) is -8.07. The van der Waals surface area contributed by atoms with E-state index in [9.17, 15) is 26.7 Å². The van der Waals surface area contributed by atoms with Crippen molar-refractivity contribution in [2.45, 2.75) is 12.6 Å². The number of carbonyl (C=O) groups excluding carboxylic acids is 1. The molecule has 0 aliphatic heterocycles. The fraction of sp³-hybridized carbons (Fsp3) is 0.333. The minimum atomic E-state index is -4.92. The lowest BCUT2D eigenvalue weighted by molar-refractivity contribution is -0.141. The Bertz CT molecular complexity index is 475. The van der Waals surface area contributed by atoms with Crippen molar-refractivity contribution >= 4 is 28.6 Å². The predicted molar refractivity (Wildman–Crippen MR) is 58.3 cm³/mol. The number of ether oxygens (including phenoxy) is 1. The maximum atomic E-state index is 12.6. The van der Waals surface area contributed by atoms with Gasteiger partial charge in [0.2, 0.25) is 0 Å². The first-order valence-electron chi connectivity index (χ1n) is 4.32. The van der Waals surface area contributed by atoms with Crippen LogP contribution in [0.2, 0.25) is 0 Å². The van der Waals surface area contributed by atoms with Crippen molar-refractivity contribution in [2.75, 3.05) is 7.11 Å². The van der Waals surface area contributed by atoms with E-state index in [2.05, 4.69) is 9.72 Å². The fourth-order valence-corrected chi connectivity index (χ4v) is 1.82. The monoisotopic (exact) mass is 381 g/mol. The molecule has 100 valence electrons. The Hall–Kier alpha value is -1.00. The number of pyridine rings is 1. The van der Waals surface area contributed by atoms with Gasteiger partial charge in [0.15, 0.2) is 5.69 Å². The third-order valence-electron chi connectivity index (χ3n) is 1.89. The van der Waals surface area contributed by atoms with Crippen molar-refractivity contribution in [2.24, 2.45) is 0 Å². The molecule has 1 aromatic heterocycles. The second-order valence-electron chi connectivity index (χ2n) is 3.05. The first kappa shape index (κ1) is 15.1. The Labute approximate surface area is 111 Å². The average Bonchev–Trinajstić information content (AvgIpc) is 2.26. The van der Waals surface area contributed by atoms with Gasteiger partial charge in [-0.05, 0) is 28.7 Å². The summed E-state index contributed by atoms with van der Waals surface area (Å²) >= 11 is 1.33. The van der Waals surface area contributed by atoms with Crippen LogP contribution < -0.4 is 0 Å². The Morgan fingerprint density at radius 3 is 2.39 bits per heavy atom. The summed E-state index contributed by atoms with van der Waals surface area (Å²) in [5, 5.41) is 0. The molecule has 0 saturated heterocycles. The van der Waals surface area contributed by atoms with E-state index in [1.807, 2.05) is 0 Å². The molecule has 0 saturated carbocycles. The van der Waals surface area contributed by atoms with Gasteiger partial charge in [-0.2, -0.15) is 13.2 Å². The first-order valence-corrected chi connectivity index (χ1v) is 5.40. The van der Waals surface area contributed by atoms with E-state index >= 15 is 0 Å². The van der Waals surface area contributed by atoms with Gasteiger partial charge >= 0.3 is 12.1 Å². The number of alkyl halides is 5. The molecule has 0 aliphatic carbocycles. The Morgan fingerprint density at radius 1 is 1.44 bits per heavy atom. The van der Waals surface area contributed by atoms with Crippen molar-refractivity contribution in [3.8, 4) is 0 Å². The highest BCUT2D eigenvalue weighted by Gasteiger charge is 2.36. The molecule has 0 N–H and O–H groups in total. The number of hydrogen-bond acceptors (Lipinski definition) is 3. The van der Waals surface area contributed by atoms with Crippen molar-refractivity contribution in [1.82, 2.24) is 4.98 Å². The molecule has 0 amide bonds. The number of aromatic nitrogens is 1. The zero-order valence-electron chi connectivity index (χ0n) is 8.69. The highest BCUT2D eigenvalue weighted by Crippen LogP contribution is 2.34. The number of halogens is 6. The number of rotatable bonds is 2. The molecule has 18 heavy (non-hydrogen) atoms. The SMILES string of the molecule is COC(=O)c1nc(C(F)(F)F)cc(C(F)F)c1I. The number of hydrogen-bond donors (Lipinski definition) is 0. The molecule has 0 aliphatic rings. The summed E-state index contributed by atoms with van der Waals surface area (Å²) in [5.74, 6) is -1.20. The summed E-state index contributed by atoms with van der Waals surface area (Å²) in [7, 11) is 0.919. The molecule has 1 rings (SSSR count). The van der Waals surface area contributed by atoms with Crippen LogP contribution in [0.3, 0.4) is 0 Å². The van der Waals surface area contributed by atoms with E-state index in [-0.39, 0.29) is 9.64 Å². The maximum absolute atomic E-state index is 12.6. The molecule has 0 atom stereocenters. The smallest absolute Gasteiger partial charge is 0.433 e. The number of methoxy groups -OCH3 is 1. The minimum absolute atomic E-state index is 0.221. The van der Waals surface area contributed by atoms with Crippen LogP contribution in [0.4, 0.5) is 22.0 Å². The standard InChI is InChI=1S/C9H5F5INO2/c1-18-8(17)6-5(15)3(7(10)11)2-4(16-6)9(12,13)14/h2,7H,1H3. The molecule has 0 unspecified atom stereocenters. The Balaban J connectivity index is 3.52. The Kier molecular flexibility index (Phi) is 4.46. The topological polar surface area (TPSA) is 39.2 Å². The van der Waals surface area contributed by atoms with Crippen molar-refractivity contribution < 1.29 is 31.5 Å². The van der Waals surface area contributed by atoms with Crippen molar-refractivity contribution in [3.63, 3.8) is 0 Å². The molecule has 1 aromatic rings. The quantitative estimate of drug-likeness (QED) is 0.448. The predicted octanol–water partition coefficient (Wildman–Crippen LogP) is 3.43. The largest absolute Gasteiger partial charge is 0.464 e. The average molecular weight is 381 g/mol. The van der Waals surface area contributed by atoms with Crippen molar-refractivity contribution in [3.05, 3.63) is 26.6 Å². The fourth-order valence-electron chi connectivity index (χ4n) is 1.09. The second-order valence-corrected chi connectivity index (χ2v) is 4.13. The number of carbonyl (C=O) groups is 1. The summed E-state index contributed by atoms with van der Waals surface area (Å²) < 4.78 is 66.4. The van der Waals surface area contributed by atoms with Gasteiger partial charge in [0.25, 0.3) is 6.43 Å². The lowest BCUT2D eigenvalue weighted by Crippen LogP contribution is -2.16. The lowest BCUT2D eigenvalue weighted by atomic mass is 10.2. The van der Waals surface area contributed by atoms with Gasteiger partial charge < -0.3 is 4.74 Å². The van der Waals surface area contributed by atoms with Gasteiger partial charge in [-0.25, -0.2) is 18.6 Å².